The number of likely N-dealkylation sites (tertiary alicyclic amines) is 1. The number of amides is 3. The maximum absolute atomic E-state index is 13.1. The predicted octanol–water partition coefficient (Wildman–Crippen LogP) is 3.98. The molecular weight excluding hydrogens is 409 g/mol. The monoisotopic (exact) mass is 439 g/mol. The van der Waals surface area contributed by atoms with Gasteiger partial charge in [0, 0.05) is 43.2 Å². The van der Waals surface area contributed by atoms with Crippen molar-refractivity contribution in [3.05, 3.63) is 65.5 Å². The molecule has 32 heavy (non-hydrogen) atoms. The summed E-state index contributed by atoms with van der Waals surface area (Å²) in [7, 11) is 0. The number of nitrogens with zero attached hydrogens (tertiary/aromatic N) is 1. The lowest BCUT2D eigenvalue weighted by Gasteiger charge is -2.31. The second-order valence-electron chi connectivity index (χ2n) is 8.64. The van der Waals surface area contributed by atoms with Crippen LogP contribution < -0.4 is 10.6 Å². The van der Waals surface area contributed by atoms with Gasteiger partial charge in [-0.05, 0) is 60.7 Å². The van der Waals surface area contributed by atoms with Gasteiger partial charge < -0.3 is 15.5 Å². The molecule has 1 heterocycles. The highest BCUT2D eigenvalue weighted by atomic mass is 19.1. The van der Waals surface area contributed by atoms with E-state index in [-0.39, 0.29) is 35.4 Å². The van der Waals surface area contributed by atoms with E-state index in [1.807, 2.05) is 38.1 Å². The Labute approximate surface area is 188 Å². The van der Waals surface area contributed by atoms with Crippen LogP contribution in [0.25, 0.3) is 0 Å². The van der Waals surface area contributed by atoms with Crippen molar-refractivity contribution in [1.82, 2.24) is 10.2 Å². The number of rotatable bonds is 7. The van der Waals surface area contributed by atoms with Gasteiger partial charge in [-0.3, -0.25) is 14.4 Å². The molecule has 3 amide bonds. The Kier molecular flexibility index (Phi) is 7.98. The average Bonchev–Trinajstić information content (AvgIpc) is 2.77. The molecule has 1 aliphatic heterocycles. The lowest BCUT2D eigenvalue weighted by molar-refractivity contribution is -0.126. The van der Waals surface area contributed by atoms with Crippen molar-refractivity contribution >= 4 is 23.4 Å². The molecule has 2 N–H and O–H groups in total. The molecule has 2 aromatic rings. The highest BCUT2D eigenvalue weighted by molar-refractivity contribution is 5.94. The van der Waals surface area contributed by atoms with Gasteiger partial charge in [0.25, 0.3) is 5.91 Å². The molecule has 0 bridgehead atoms. The van der Waals surface area contributed by atoms with E-state index >= 15 is 0 Å². The van der Waals surface area contributed by atoms with Crippen molar-refractivity contribution in [3.63, 3.8) is 0 Å². The first-order valence-electron chi connectivity index (χ1n) is 11.0. The van der Waals surface area contributed by atoms with Gasteiger partial charge in [0.1, 0.15) is 5.82 Å². The Morgan fingerprint density at radius 3 is 2.41 bits per heavy atom. The van der Waals surface area contributed by atoms with Crippen LogP contribution in [0.1, 0.15) is 49.0 Å². The highest BCUT2D eigenvalue weighted by Crippen LogP contribution is 2.20. The van der Waals surface area contributed by atoms with Gasteiger partial charge in [-0.2, -0.15) is 0 Å². The minimum absolute atomic E-state index is 0.0249. The van der Waals surface area contributed by atoms with Crippen LogP contribution in [0.4, 0.5) is 10.1 Å². The van der Waals surface area contributed by atoms with Crippen LogP contribution in [0.15, 0.2) is 48.5 Å². The molecule has 2 aromatic carbocycles. The molecule has 170 valence electrons. The summed E-state index contributed by atoms with van der Waals surface area (Å²) in [4.78, 5) is 38.8. The predicted molar refractivity (Wildman–Crippen MR) is 121 cm³/mol. The molecule has 1 fully saturated rings. The molecule has 0 aromatic heterocycles. The van der Waals surface area contributed by atoms with Crippen LogP contribution in [0, 0.1) is 17.7 Å². The molecule has 0 spiro atoms. The molecule has 3 rings (SSSR count). The van der Waals surface area contributed by atoms with Crippen LogP contribution in [0.5, 0.6) is 0 Å². The van der Waals surface area contributed by atoms with Crippen LogP contribution in [0.2, 0.25) is 0 Å². The zero-order valence-corrected chi connectivity index (χ0v) is 18.6. The van der Waals surface area contributed by atoms with Crippen molar-refractivity contribution < 1.29 is 18.8 Å². The van der Waals surface area contributed by atoms with Gasteiger partial charge in [0.15, 0.2) is 0 Å². The topological polar surface area (TPSA) is 78.5 Å². The molecular formula is C25H30FN3O3. The van der Waals surface area contributed by atoms with E-state index in [9.17, 15) is 18.8 Å². The van der Waals surface area contributed by atoms with E-state index in [0.29, 0.717) is 44.5 Å². The van der Waals surface area contributed by atoms with Crippen molar-refractivity contribution in [2.75, 3.05) is 18.4 Å². The average molecular weight is 440 g/mol. The molecule has 0 unspecified atom stereocenters. The van der Waals surface area contributed by atoms with E-state index in [4.69, 9.17) is 0 Å². The van der Waals surface area contributed by atoms with Crippen molar-refractivity contribution in [2.45, 2.75) is 39.7 Å². The zero-order chi connectivity index (χ0) is 23.1. The summed E-state index contributed by atoms with van der Waals surface area (Å²) < 4.78 is 13.1. The first-order chi connectivity index (χ1) is 15.3. The van der Waals surface area contributed by atoms with Gasteiger partial charge in [-0.25, -0.2) is 4.39 Å². The number of hydrogen-bond acceptors (Lipinski definition) is 3. The van der Waals surface area contributed by atoms with Crippen LogP contribution >= 0.6 is 0 Å². The smallest absolute Gasteiger partial charge is 0.253 e. The van der Waals surface area contributed by atoms with Crippen LogP contribution in [0.3, 0.4) is 0 Å². The number of halogens is 1. The summed E-state index contributed by atoms with van der Waals surface area (Å²) in [5.74, 6) is -0.437. The fraction of sp³-hybridized carbons (Fsp3) is 0.400. The highest BCUT2D eigenvalue weighted by Gasteiger charge is 2.27. The number of carbonyl (C=O) groups is 3. The first kappa shape index (κ1) is 23.4. The number of hydrogen-bond donors (Lipinski definition) is 2. The van der Waals surface area contributed by atoms with Gasteiger partial charge in [-0.15, -0.1) is 0 Å². The summed E-state index contributed by atoms with van der Waals surface area (Å²) in [5.41, 5.74) is 2.08. The fourth-order valence-corrected chi connectivity index (χ4v) is 3.80. The summed E-state index contributed by atoms with van der Waals surface area (Å²) in [6, 6.07) is 13.0. The number of carbonyl (C=O) groups excluding carboxylic acids is 3. The van der Waals surface area contributed by atoms with E-state index in [0.717, 1.165) is 11.3 Å². The Hall–Kier alpha value is -3.22. The van der Waals surface area contributed by atoms with Gasteiger partial charge in [-0.1, -0.05) is 26.0 Å². The van der Waals surface area contributed by atoms with Crippen molar-refractivity contribution in [2.24, 2.45) is 11.8 Å². The number of anilines is 1. The van der Waals surface area contributed by atoms with Gasteiger partial charge in [0.2, 0.25) is 11.8 Å². The lowest BCUT2D eigenvalue weighted by atomic mass is 9.95. The van der Waals surface area contributed by atoms with E-state index < -0.39 is 0 Å². The largest absolute Gasteiger partial charge is 0.352 e. The Bertz CT molecular complexity index is 951. The number of piperidine rings is 1. The molecule has 0 atom stereocenters. The third-order valence-corrected chi connectivity index (χ3v) is 5.52. The molecule has 0 saturated carbocycles. The van der Waals surface area contributed by atoms with E-state index in [1.54, 1.807) is 4.90 Å². The Balaban J connectivity index is 1.46. The minimum Gasteiger partial charge on any atom is -0.352 e. The second kappa shape index (κ2) is 10.9. The first-order valence-corrected chi connectivity index (χ1v) is 11.0. The third-order valence-electron chi connectivity index (χ3n) is 5.52. The quantitative estimate of drug-likeness (QED) is 0.685. The molecule has 0 radical (unpaired) electrons. The summed E-state index contributed by atoms with van der Waals surface area (Å²) >= 11 is 0. The maximum atomic E-state index is 13.1. The molecule has 1 saturated heterocycles. The standard InChI is InChI=1S/C25H30FN3O3/c1-17(2)14-23(30)28-22-5-3-4-18(15-22)16-27-24(31)19-10-12-29(13-11-19)25(32)20-6-8-21(26)9-7-20/h3-9,15,17,19H,10-14,16H2,1-2H3,(H,27,31)(H,28,30). The maximum Gasteiger partial charge on any atom is 0.253 e. The SMILES string of the molecule is CC(C)CC(=O)Nc1cccc(CNC(=O)C2CCN(C(=O)c3ccc(F)cc3)CC2)c1. The van der Waals surface area contributed by atoms with E-state index in [1.165, 1.54) is 24.3 Å². The lowest BCUT2D eigenvalue weighted by Crippen LogP contribution is -2.42. The molecule has 7 heteroatoms. The second-order valence-corrected chi connectivity index (χ2v) is 8.64. The Morgan fingerprint density at radius 1 is 1.06 bits per heavy atom. The molecule has 0 aliphatic carbocycles. The zero-order valence-electron chi connectivity index (χ0n) is 18.6. The Morgan fingerprint density at radius 2 is 1.75 bits per heavy atom. The fourth-order valence-electron chi connectivity index (χ4n) is 3.80. The number of benzene rings is 2. The van der Waals surface area contributed by atoms with Crippen LogP contribution in [-0.2, 0) is 16.1 Å². The molecule has 6 nitrogen and oxygen atoms in total. The summed E-state index contributed by atoms with van der Waals surface area (Å²) in [6.45, 7) is 5.35. The number of nitrogens with one attached hydrogen (secondary N) is 2. The third kappa shape index (κ3) is 6.64. The molecule has 1 aliphatic rings. The van der Waals surface area contributed by atoms with Gasteiger partial charge in [0.05, 0.1) is 0 Å². The summed E-state index contributed by atoms with van der Waals surface area (Å²) in [6.07, 6.45) is 1.64. The summed E-state index contributed by atoms with van der Waals surface area (Å²) in [5, 5.41) is 5.85. The van der Waals surface area contributed by atoms with E-state index in [2.05, 4.69) is 10.6 Å². The minimum atomic E-state index is -0.375. The van der Waals surface area contributed by atoms with Crippen LogP contribution in [-0.4, -0.2) is 35.7 Å². The van der Waals surface area contributed by atoms with Crippen molar-refractivity contribution in [3.8, 4) is 0 Å². The van der Waals surface area contributed by atoms with Crippen molar-refractivity contribution in [1.29, 1.82) is 0 Å². The van der Waals surface area contributed by atoms with Gasteiger partial charge >= 0.3 is 0 Å². The normalized spacial score (nSPS) is 14.3.